The second kappa shape index (κ2) is 4.18. The first-order valence-corrected chi connectivity index (χ1v) is 5.11. The highest BCUT2D eigenvalue weighted by Gasteiger charge is 2.02. The van der Waals surface area contributed by atoms with Gasteiger partial charge in [0.25, 0.3) is 0 Å². The lowest BCUT2D eigenvalue weighted by Gasteiger charge is -2.02. The number of aromatic nitrogens is 2. The average Bonchev–Trinajstić information content (AvgIpc) is 2.72. The lowest BCUT2D eigenvalue weighted by atomic mass is 10.1. The van der Waals surface area contributed by atoms with Crippen LogP contribution in [0.25, 0.3) is 16.6 Å². The van der Waals surface area contributed by atoms with Crippen molar-refractivity contribution >= 4 is 22.4 Å². The second-order valence-electron chi connectivity index (χ2n) is 3.60. The Labute approximate surface area is 93.9 Å². The standard InChI is InChI=1S/C12H14N4/c1-3-11(15-8(2)13)9-4-5-10-7-14-16-12(10)6-9/h3-7H,1-2H3,(H2,13,15)(H,14,16). The maximum atomic E-state index is 5.59. The molecule has 0 saturated heterocycles. The normalized spacial score (nSPS) is 13.4. The molecular weight excluding hydrogens is 200 g/mol. The molecule has 0 atom stereocenters. The highest BCUT2D eigenvalue weighted by atomic mass is 15.1. The van der Waals surface area contributed by atoms with Crippen LogP contribution in [0.3, 0.4) is 0 Å². The van der Waals surface area contributed by atoms with E-state index in [1.807, 2.05) is 31.2 Å². The van der Waals surface area contributed by atoms with Crippen molar-refractivity contribution in [1.82, 2.24) is 10.2 Å². The number of nitrogens with zero attached hydrogens (tertiary/aromatic N) is 2. The fraction of sp³-hybridized carbons (Fsp3) is 0.167. The van der Waals surface area contributed by atoms with Gasteiger partial charge in [-0.1, -0.05) is 18.2 Å². The highest BCUT2D eigenvalue weighted by molar-refractivity contribution is 5.87. The van der Waals surface area contributed by atoms with Gasteiger partial charge in [0.1, 0.15) is 0 Å². The Morgan fingerprint density at radius 1 is 1.50 bits per heavy atom. The molecular formula is C12H14N4. The first-order chi connectivity index (χ1) is 7.70. The highest BCUT2D eigenvalue weighted by Crippen LogP contribution is 2.20. The molecule has 4 heteroatoms. The third-order valence-electron chi connectivity index (χ3n) is 2.31. The first-order valence-electron chi connectivity index (χ1n) is 5.11. The van der Waals surface area contributed by atoms with Crippen LogP contribution < -0.4 is 5.73 Å². The zero-order valence-corrected chi connectivity index (χ0v) is 9.36. The average molecular weight is 214 g/mol. The Morgan fingerprint density at radius 3 is 3.00 bits per heavy atom. The Bertz CT molecular complexity index is 559. The third-order valence-corrected chi connectivity index (χ3v) is 2.31. The zero-order valence-electron chi connectivity index (χ0n) is 9.36. The van der Waals surface area contributed by atoms with E-state index in [4.69, 9.17) is 5.73 Å². The van der Waals surface area contributed by atoms with Gasteiger partial charge in [0.2, 0.25) is 0 Å². The number of aromatic amines is 1. The minimum Gasteiger partial charge on any atom is -0.387 e. The molecule has 2 aromatic rings. The molecule has 16 heavy (non-hydrogen) atoms. The largest absolute Gasteiger partial charge is 0.387 e. The van der Waals surface area contributed by atoms with Gasteiger partial charge in [0, 0.05) is 10.9 Å². The van der Waals surface area contributed by atoms with Crippen molar-refractivity contribution in [3.8, 4) is 0 Å². The van der Waals surface area contributed by atoms with E-state index >= 15 is 0 Å². The van der Waals surface area contributed by atoms with Gasteiger partial charge in [0.15, 0.2) is 0 Å². The summed E-state index contributed by atoms with van der Waals surface area (Å²) in [6.07, 6.45) is 3.74. The smallest absolute Gasteiger partial charge is 0.0965 e. The van der Waals surface area contributed by atoms with Crippen molar-refractivity contribution in [3.05, 3.63) is 36.0 Å². The summed E-state index contributed by atoms with van der Waals surface area (Å²) < 4.78 is 0. The van der Waals surface area contributed by atoms with Gasteiger partial charge in [-0.2, -0.15) is 5.10 Å². The van der Waals surface area contributed by atoms with Crippen molar-refractivity contribution in [3.63, 3.8) is 0 Å². The van der Waals surface area contributed by atoms with Crippen LogP contribution in [0, 0.1) is 0 Å². The van der Waals surface area contributed by atoms with Crippen molar-refractivity contribution in [2.45, 2.75) is 13.8 Å². The molecule has 2 rings (SSSR count). The van der Waals surface area contributed by atoms with E-state index in [0.29, 0.717) is 5.84 Å². The molecule has 0 unspecified atom stereocenters. The lowest BCUT2D eigenvalue weighted by molar-refractivity contribution is 1.12. The molecule has 0 fully saturated rings. The third kappa shape index (κ3) is 1.95. The molecule has 4 nitrogen and oxygen atoms in total. The van der Waals surface area contributed by atoms with Gasteiger partial charge in [0.05, 0.1) is 23.2 Å². The van der Waals surface area contributed by atoms with E-state index in [1.165, 1.54) is 0 Å². The van der Waals surface area contributed by atoms with Gasteiger partial charge in [-0.3, -0.25) is 5.10 Å². The van der Waals surface area contributed by atoms with Crippen LogP contribution >= 0.6 is 0 Å². The molecule has 3 N–H and O–H groups in total. The number of nitrogens with two attached hydrogens (primary N) is 1. The van der Waals surface area contributed by atoms with Crippen LogP contribution in [-0.4, -0.2) is 16.0 Å². The molecule has 82 valence electrons. The minimum atomic E-state index is 0.554. The number of aliphatic imine (C=N–C) groups is 1. The van der Waals surface area contributed by atoms with Crippen LogP contribution in [0.4, 0.5) is 0 Å². The minimum absolute atomic E-state index is 0.554. The van der Waals surface area contributed by atoms with Crippen LogP contribution in [0.2, 0.25) is 0 Å². The summed E-state index contributed by atoms with van der Waals surface area (Å²) in [5.74, 6) is 0.554. The molecule has 1 heterocycles. The van der Waals surface area contributed by atoms with E-state index in [-0.39, 0.29) is 0 Å². The summed E-state index contributed by atoms with van der Waals surface area (Å²) in [5, 5.41) is 8.01. The number of benzene rings is 1. The molecule has 1 aromatic carbocycles. The SMILES string of the molecule is CC=C(N=C(C)N)c1ccc2cn[nH]c2c1. The Hall–Kier alpha value is -2.10. The summed E-state index contributed by atoms with van der Waals surface area (Å²) >= 11 is 0. The van der Waals surface area contributed by atoms with E-state index in [0.717, 1.165) is 22.2 Å². The lowest BCUT2D eigenvalue weighted by Crippen LogP contribution is -2.05. The molecule has 1 aromatic heterocycles. The number of rotatable bonds is 2. The number of H-pyrrole nitrogens is 1. The predicted octanol–water partition coefficient (Wildman–Crippen LogP) is 2.30. The summed E-state index contributed by atoms with van der Waals surface area (Å²) in [5.41, 5.74) is 8.49. The van der Waals surface area contributed by atoms with Crippen molar-refractivity contribution in [2.24, 2.45) is 10.7 Å². The van der Waals surface area contributed by atoms with Gasteiger partial charge < -0.3 is 5.73 Å². The monoisotopic (exact) mass is 214 g/mol. The summed E-state index contributed by atoms with van der Waals surface area (Å²) in [7, 11) is 0. The number of nitrogens with one attached hydrogen (secondary N) is 1. The Kier molecular flexibility index (Phi) is 2.72. The number of hydrogen-bond acceptors (Lipinski definition) is 2. The molecule has 0 saturated carbocycles. The second-order valence-corrected chi connectivity index (χ2v) is 3.60. The van der Waals surface area contributed by atoms with Crippen molar-refractivity contribution in [2.75, 3.05) is 0 Å². The summed E-state index contributed by atoms with van der Waals surface area (Å²) in [4.78, 5) is 4.28. The summed E-state index contributed by atoms with van der Waals surface area (Å²) in [6.45, 7) is 3.72. The molecule has 0 radical (unpaired) electrons. The van der Waals surface area contributed by atoms with Gasteiger partial charge in [-0.25, -0.2) is 4.99 Å². The van der Waals surface area contributed by atoms with Crippen molar-refractivity contribution < 1.29 is 0 Å². The van der Waals surface area contributed by atoms with Crippen LogP contribution in [0.5, 0.6) is 0 Å². The Balaban J connectivity index is 2.49. The molecule has 0 bridgehead atoms. The zero-order chi connectivity index (χ0) is 11.5. The maximum absolute atomic E-state index is 5.59. The first kappa shape index (κ1) is 10.4. The molecule has 0 spiro atoms. The predicted molar refractivity (Wildman–Crippen MR) is 67.0 cm³/mol. The maximum Gasteiger partial charge on any atom is 0.0965 e. The quantitative estimate of drug-likeness (QED) is 0.595. The van der Waals surface area contributed by atoms with Gasteiger partial charge >= 0.3 is 0 Å². The summed E-state index contributed by atoms with van der Waals surface area (Å²) in [6, 6.07) is 6.04. The van der Waals surface area contributed by atoms with Gasteiger partial charge in [-0.15, -0.1) is 0 Å². The molecule has 0 aliphatic carbocycles. The molecule has 0 aliphatic rings. The fourth-order valence-electron chi connectivity index (χ4n) is 1.58. The fourth-order valence-corrected chi connectivity index (χ4v) is 1.58. The van der Waals surface area contributed by atoms with Crippen molar-refractivity contribution in [1.29, 1.82) is 0 Å². The molecule has 0 aliphatic heterocycles. The van der Waals surface area contributed by atoms with E-state index in [1.54, 1.807) is 13.1 Å². The van der Waals surface area contributed by atoms with Gasteiger partial charge in [-0.05, 0) is 19.9 Å². The number of allylic oxidation sites excluding steroid dienone is 1. The topological polar surface area (TPSA) is 67.1 Å². The Morgan fingerprint density at radius 2 is 2.31 bits per heavy atom. The van der Waals surface area contributed by atoms with E-state index in [2.05, 4.69) is 15.2 Å². The van der Waals surface area contributed by atoms with E-state index < -0.39 is 0 Å². The number of hydrogen-bond donors (Lipinski definition) is 2. The van der Waals surface area contributed by atoms with E-state index in [9.17, 15) is 0 Å². The van der Waals surface area contributed by atoms with Crippen LogP contribution in [0.15, 0.2) is 35.5 Å². The van der Waals surface area contributed by atoms with Crippen LogP contribution in [-0.2, 0) is 0 Å². The number of fused-ring (bicyclic) bond motifs is 1. The molecule has 0 amide bonds. The van der Waals surface area contributed by atoms with Crippen LogP contribution in [0.1, 0.15) is 19.4 Å². The number of amidine groups is 1.